The number of benzene rings is 1. The maximum Gasteiger partial charge on any atom is 0.336 e. The number of carbonyl (C=O) groups excluding carboxylic acids is 1. The number of thioether (sulfide) groups is 1. The molecule has 0 atom stereocenters. The molecule has 2 amide bonds. The van der Waals surface area contributed by atoms with Crippen LogP contribution in [0.1, 0.15) is 0 Å². The molecule has 2 rings (SSSR count). The van der Waals surface area contributed by atoms with Gasteiger partial charge >= 0.3 is 6.03 Å². The third kappa shape index (κ3) is 3.23. The van der Waals surface area contributed by atoms with E-state index in [2.05, 4.69) is 0 Å². The van der Waals surface area contributed by atoms with Gasteiger partial charge in [0.1, 0.15) is 10.1 Å². The first-order chi connectivity index (χ1) is 8.90. The summed E-state index contributed by atoms with van der Waals surface area (Å²) in [6.45, 7) is 0.369. The van der Waals surface area contributed by atoms with Crippen LogP contribution in [-0.4, -0.2) is 36.0 Å². The Labute approximate surface area is 119 Å². The van der Waals surface area contributed by atoms with Gasteiger partial charge in [0.2, 0.25) is 0 Å². The highest BCUT2D eigenvalue weighted by molar-refractivity contribution is 8.23. The molecule has 1 aromatic carbocycles. The summed E-state index contributed by atoms with van der Waals surface area (Å²) >= 11 is 6.23. The molecule has 1 saturated heterocycles. The lowest BCUT2D eigenvalue weighted by molar-refractivity contribution is 0.230. The largest absolute Gasteiger partial charge is 0.336 e. The summed E-state index contributed by atoms with van der Waals surface area (Å²) in [5.74, 6) is 0.0884. The van der Waals surface area contributed by atoms with E-state index < -0.39 is 21.9 Å². The molecule has 102 valence electrons. The van der Waals surface area contributed by atoms with Crippen LogP contribution in [0.15, 0.2) is 29.2 Å². The zero-order valence-corrected chi connectivity index (χ0v) is 11.9. The maximum absolute atomic E-state index is 12.7. The lowest BCUT2D eigenvalue weighted by atomic mass is 10.4. The van der Waals surface area contributed by atoms with Crippen LogP contribution >= 0.6 is 24.0 Å². The van der Waals surface area contributed by atoms with Crippen LogP contribution in [0.2, 0.25) is 0 Å². The van der Waals surface area contributed by atoms with E-state index in [4.69, 9.17) is 12.2 Å². The number of thiocarbonyl (C=S) groups is 1. The summed E-state index contributed by atoms with van der Waals surface area (Å²) in [7, 11) is -4.01. The minimum atomic E-state index is -4.01. The summed E-state index contributed by atoms with van der Waals surface area (Å²) < 4.78 is 38.7. The van der Waals surface area contributed by atoms with Gasteiger partial charge < -0.3 is 0 Å². The van der Waals surface area contributed by atoms with Crippen LogP contribution in [-0.2, 0) is 10.0 Å². The Bertz CT molecular complexity index is 615. The molecular weight excluding hydrogens is 311 g/mol. The molecule has 5 nitrogen and oxygen atoms in total. The molecule has 0 unspecified atom stereocenters. The van der Waals surface area contributed by atoms with E-state index in [1.807, 2.05) is 4.72 Å². The van der Waals surface area contributed by atoms with Gasteiger partial charge in [-0.1, -0.05) is 24.0 Å². The van der Waals surface area contributed by atoms with Gasteiger partial charge in [-0.25, -0.2) is 22.3 Å². The molecule has 0 aromatic heterocycles. The molecule has 9 heteroatoms. The van der Waals surface area contributed by atoms with Crippen molar-refractivity contribution in [2.75, 3.05) is 12.3 Å². The van der Waals surface area contributed by atoms with Crippen molar-refractivity contribution in [1.82, 2.24) is 9.62 Å². The Hall–Kier alpha value is -1.19. The highest BCUT2D eigenvalue weighted by atomic mass is 32.2. The second-order valence-corrected chi connectivity index (χ2v) is 7.04. The highest BCUT2D eigenvalue weighted by Gasteiger charge is 2.27. The molecule has 0 saturated carbocycles. The van der Waals surface area contributed by atoms with Crippen LogP contribution in [0, 0.1) is 5.82 Å². The Kier molecular flexibility index (Phi) is 4.07. The molecule has 1 heterocycles. The minimum Gasteiger partial charge on any atom is -0.278 e. The van der Waals surface area contributed by atoms with E-state index in [0.717, 1.165) is 24.3 Å². The smallest absolute Gasteiger partial charge is 0.278 e. The number of nitrogens with one attached hydrogen (secondary N) is 1. The molecular formula is C10H9FN2O3S3. The number of sulfonamides is 1. The fraction of sp³-hybridized carbons (Fsp3) is 0.200. The number of rotatable bonds is 2. The number of carbonyl (C=O) groups is 1. The molecule has 1 N–H and O–H groups in total. The first-order valence-electron chi connectivity index (χ1n) is 5.17. The Balaban J connectivity index is 2.15. The van der Waals surface area contributed by atoms with Crippen LogP contribution in [0.3, 0.4) is 0 Å². The topological polar surface area (TPSA) is 66.5 Å². The number of urea groups is 1. The van der Waals surface area contributed by atoms with Crippen molar-refractivity contribution in [3.8, 4) is 0 Å². The minimum absolute atomic E-state index is 0.181. The summed E-state index contributed by atoms with van der Waals surface area (Å²) in [5.41, 5.74) is 0. The summed E-state index contributed by atoms with van der Waals surface area (Å²) in [6.07, 6.45) is 0. The van der Waals surface area contributed by atoms with Crippen LogP contribution in [0.5, 0.6) is 0 Å². The molecule has 1 aliphatic rings. The average molecular weight is 320 g/mol. The molecule has 1 aliphatic heterocycles. The summed E-state index contributed by atoms with van der Waals surface area (Å²) in [6, 6.07) is 3.40. The van der Waals surface area contributed by atoms with E-state index in [-0.39, 0.29) is 4.90 Å². The van der Waals surface area contributed by atoms with Crippen molar-refractivity contribution in [1.29, 1.82) is 0 Å². The van der Waals surface area contributed by atoms with E-state index >= 15 is 0 Å². The molecule has 0 radical (unpaired) electrons. The lowest BCUT2D eigenvalue weighted by Crippen LogP contribution is -2.42. The quantitative estimate of drug-likeness (QED) is 0.838. The SMILES string of the molecule is O=C(NS(=O)(=O)c1ccc(F)cc1)N1CCSC1=S. The van der Waals surface area contributed by atoms with E-state index in [0.29, 0.717) is 16.6 Å². The van der Waals surface area contributed by atoms with Crippen molar-refractivity contribution in [3.05, 3.63) is 30.1 Å². The molecule has 0 aliphatic carbocycles. The van der Waals surface area contributed by atoms with Crippen molar-refractivity contribution in [2.24, 2.45) is 0 Å². The first-order valence-corrected chi connectivity index (χ1v) is 8.04. The molecule has 0 spiro atoms. The van der Waals surface area contributed by atoms with Crippen molar-refractivity contribution in [2.45, 2.75) is 4.90 Å². The van der Waals surface area contributed by atoms with Crippen LogP contribution in [0.25, 0.3) is 0 Å². The van der Waals surface area contributed by atoms with E-state index in [1.165, 1.54) is 16.7 Å². The third-order valence-corrected chi connectivity index (χ3v) is 5.12. The standard InChI is InChI=1S/C10H9FN2O3S3/c11-7-1-3-8(4-2-7)19(15,16)12-9(14)13-5-6-18-10(13)17/h1-4H,5-6H2,(H,12,14). The van der Waals surface area contributed by atoms with Crippen molar-refractivity contribution < 1.29 is 17.6 Å². The molecule has 1 aromatic rings. The number of amides is 2. The maximum atomic E-state index is 12.7. The monoisotopic (exact) mass is 320 g/mol. The van der Waals surface area contributed by atoms with Gasteiger partial charge in [0.25, 0.3) is 10.0 Å². The highest BCUT2D eigenvalue weighted by Crippen LogP contribution is 2.18. The number of hydrogen-bond acceptors (Lipinski definition) is 5. The Morgan fingerprint density at radius 1 is 1.37 bits per heavy atom. The first kappa shape index (κ1) is 14.2. The Morgan fingerprint density at radius 2 is 2.00 bits per heavy atom. The normalized spacial score (nSPS) is 15.6. The van der Waals surface area contributed by atoms with Crippen LogP contribution in [0.4, 0.5) is 9.18 Å². The molecule has 0 bridgehead atoms. The van der Waals surface area contributed by atoms with Gasteiger partial charge in [0.05, 0.1) is 4.90 Å². The van der Waals surface area contributed by atoms with E-state index in [9.17, 15) is 17.6 Å². The number of nitrogens with zero attached hydrogens (tertiary/aromatic N) is 1. The summed E-state index contributed by atoms with van der Waals surface area (Å²) in [4.78, 5) is 12.8. The van der Waals surface area contributed by atoms with Crippen molar-refractivity contribution >= 4 is 44.4 Å². The summed E-state index contributed by atoms with van der Waals surface area (Å²) in [5, 5.41) is 0. The van der Waals surface area contributed by atoms with Gasteiger partial charge in [-0.3, -0.25) is 4.90 Å². The second-order valence-electron chi connectivity index (χ2n) is 3.63. The van der Waals surface area contributed by atoms with Crippen molar-refractivity contribution in [3.63, 3.8) is 0 Å². The molecule has 19 heavy (non-hydrogen) atoms. The fourth-order valence-electron chi connectivity index (χ4n) is 1.42. The zero-order chi connectivity index (χ0) is 14.0. The lowest BCUT2D eigenvalue weighted by Gasteiger charge is -2.15. The Morgan fingerprint density at radius 3 is 2.53 bits per heavy atom. The number of halogens is 1. The molecule has 1 fully saturated rings. The van der Waals surface area contributed by atoms with E-state index in [1.54, 1.807) is 0 Å². The van der Waals surface area contributed by atoms with Gasteiger partial charge in [0, 0.05) is 12.3 Å². The van der Waals surface area contributed by atoms with Gasteiger partial charge in [-0.05, 0) is 24.3 Å². The van der Waals surface area contributed by atoms with Gasteiger partial charge in [-0.2, -0.15) is 0 Å². The van der Waals surface area contributed by atoms with Gasteiger partial charge in [-0.15, -0.1) is 0 Å². The predicted molar refractivity (Wildman–Crippen MR) is 73.9 cm³/mol. The third-order valence-electron chi connectivity index (χ3n) is 2.35. The second kappa shape index (κ2) is 5.43. The zero-order valence-electron chi connectivity index (χ0n) is 9.50. The van der Waals surface area contributed by atoms with Gasteiger partial charge in [0.15, 0.2) is 0 Å². The van der Waals surface area contributed by atoms with Crippen LogP contribution < -0.4 is 4.72 Å². The number of hydrogen-bond donors (Lipinski definition) is 1. The average Bonchev–Trinajstić information content (AvgIpc) is 2.75. The predicted octanol–water partition coefficient (Wildman–Crippen LogP) is 1.56. The fourth-order valence-corrected chi connectivity index (χ4v) is 3.58.